The summed E-state index contributed by atoms with van der Waals surface area (Å²) in [4.78, 5) is 0. The monoisotopic (exact) mass is 700 g/mol. The van der Waals surface area contributed by atoms with Crippen LogP contribution in [0.5, 0.6) is 0 Å². The average molecular weight is 700 g/mol. The molecule has 1 heterocycles. The Balaban J connectivity index is 2.23. The van der Waals surface area contributed by atoms with Crippen molar-refractivity contribution in [1.82, 2.24) is 4.57 Å². The van der Waals surface area contributed by atoms with Gasteiger partial charge in [-0.3, -0.25) is 0 Å². The molecule has 0 amide bonds. The summed E-state index contributed by atoms with van der Waals surface area (Å²) in [5.41, 5.74) is 0. The second-order valence-electron chi connectivity index (χ2n) is 16.6. The fraction of sp³-hybridized carbons (Fsp3) is 0.938. The highest BCUT2D eigenvalue weighted by Gasteiger charge is 2.16. The second-order valence-corrected chi connectivity index (χ2v) is 16.6. The third kappa shape index (κ3) is 30.8. The molecule has 1 rings (SSSR count). The number of hydrogen-bond donors (Lipinski definition) is 0. The molecule has 0 aliphatic heterocycles. The maximum atomic E-state index is 2.65. The Kier molecular flexibility index (Phi) is 37.2. The van der Waals surface area contributed by atoms with E-state index in [-0.39, 0.29) is 0 Å². The first-order valence-electron chi connectivity index (χ1n) is 23.9. The first kappa shape index (κ1) is 47.2. The summed E-state index contributed by atoms with van der Waals surface area (Å²) in [6.07, 6.45) is 62.3. The predicted octanol–water partition coefficient (Wildman–Crippen LogP) is 16.6. The van der Waals surface area contributed by atoms with Gasteiger partial charge in [0.2, 0.25) is 0 Å². The molecular formula is C48H95N2+. The molecule has 0 spiro atoms. The van der Waals surface area contributed by atoms with Crippen LogP contribution in [-0.4, -0.2) is 4.57 Å². The Morgan fingerprint density at radius 1 is 0.340 bits per heavy atom. The van der Waals surface area contributed by atoms with Crippen molar-refractivity contribution in [3.63, 3.8) is 0 Å². The Hall–Kier alpha value is -0.790. The van der Waals surface area contributed by atoms with Gasteiger partial charge in [0.1, 0.15) is 12.4 Å². The zero-order valence-electron chi connectivity index (χ0n) is 35.2. The van der Waals surface area contributed by atoms with Crippen LogP contribution >= 0.6 is 0 Å². The molecule has 0 aliphatic carbocycles. The molecule has 1 aromatic heterocycles. The summed E-state index contributed by atoms with van der Waals surface area (Å²) in [5, 5.41) is 0. The highest BCUT2D eigenvalue weighted by atomic mass is 15.1. The molecule has 0 aromatic carbocycles. The van der Waals surface area contributed by atoms with Gasteiger partial charge in [-0.25, -0.2) is 9.13 Å². The molecule has 296 valence electrons. The van der Waals surface area contributed by atoms with Crippen LogP contribution < -0.4 is 4.57 Å². The Bertz CT molecular complexity index is 715. The first-order chi connectivity index (χ1) is 24.8. The molecule has 0 unspecified atom stereocenters. The van der Waals surface area contributed by atoms with Gasteiger partial charge in [-0.1, -0.05) is 239 Å². The fourth-order valence-corrected chi connectivity index (χ4v) is 8.09. The zero-order chi connectivity index (χ0) is 35.8. The van der Waals surface area contributed by atoms with Gasteiger partial charge in [0.25, 0.3) is 5.82 Å². The number of aromatic nitrogens is 2. The van der Waals surface area contributed by atoms with E-state index < -0.39 is 0 Å². The van der Waals surface area contributed by atoms with Crippen molar-refractivity contribution in [3.8, 4) is 0 Å². The van der Waals surface area contributed by atoms with E-state index in [9.17, 15) is 0 Å². The summed E-state index contributed by atoms with van der Waals surface area (Å²) in [7, 11) is 0. The lowest BCUT2D eigenvalue weighted by molar-refractivity contribution is -0.704. The van der Waals surface area contributed by atoms with Crippen molar-refractivity contribution in [3.05, 3.63) is 18.2 Å². The Morgan fingerprint density at radius 3 is 0.960 bits per heavy atom. The minimum Gasteiger partial charge on any atom is -0.234 e. The van der Waals surface area contributed by atoms with E-state index in [1.165, 1.54) is 270 Å². The summed E-state index contributed by atoms with van der Waals surface area (Å²) in [6.45, 7) is 9.42. The maximum Gasteiger partial charge on any atom is 0.256 e. The van der Waals surface area contributed by atoms with E-state index >= 15 is 0 Å². The molecule has 0 radical (unpaired) electrons. The lowest BCUT2D eigenvalue weighted by atomic mass is 10.0. The molecule has 0 bridgehead atoms. The van der Waals surface area contributed by atoms with Crippen LogP contribution in [0.15, 0.2) is 12.4 Å². The molecule has 0 saturated carbocycles. The average Bonchev–Trinajstić information content (AvgIpc) is 3.51. The highest BCUT2D eigenvalue weighted by molar-refractivity contribution is 4.84. The lowest BCUT2D eigenvalue weighted by Crippen LogP contribution is -2.37. The van der Waals surface area contributed by atoms with Gasteiger partial charge in [0.15, 0.2) is 0 Å². The standard InChI is InChI=1S/C48H95N2/c1-4-7-10-13-16-19-21-23-25-27-29-32-35-38-41-44-49-46-47-50(48(49)43-40-37-34-31-18-15-12-9-6-3)45-42-39-36-33-30-28-26-24-22-20-17-14-11-8-5-2/h46-47H,4-45H2,1-3H3/q+1. The van der Waals surface area contributed by atoms with Crippen LogP contribution in [0.3, 0.4) is 0 Å². The molecule has 0 N–H and O–H groups in total. The molecule has 2 heteroatoms. The molecule has 0 fully saturated rings. The van der Waals surface area contributed by atoms with Crippen LogP contribution in [0.1, 0.15) is 277 Å². The van der Waals surface area contributed by atoms with E-state index in [1.807, 2.05) is 0 Å². The van der Waals surface area contributed by atoms with E-state index in [0.717, 1.165) is 0 Å². The van der Waals surface area contributed by atoms with Crippen LogP contribution in [0.2, 0.25) is 0 Å². The van der Waals surface area contributed by atoms with Crippen molar-refractivity contribution < 1.29 is 4.57 Å². The smallest absolute Gasteiger partial charge is 0.234 e. The van der Waals surface area contributed by atoms with Crippen LogP contribution in [0.25, 0.3) is 0 Å². The van der Waals surface area contributed by atoms with E-state index in [1.54, 1.807) is 5.82 Å². The van der Waals surface area contributed by atoms with Crippen LogP contribution in [0, 0.1) is 0 Å². The number of aryl methyl sites for hydroxylation is 2. The van der Waals surface area contributed by atoms with Gasteiger partial charge in [-0.15, -0.1) is 0 Å². The summed E-state index contributed by atoms with van der Waals surface area (Å²) in [5.74, 6) is 1.63. The number of imidazole rings is 1. The Labute approximate surface area is 317 Å². The zero-order valence-corrected chi connectivity index (χ0v) is 35.2. The van der Waals surface area contributed by atoms with E-state index in [0.29, 0.717) is 0 Å². The third-order valence-electron chi connectivity index (χ3n) is 11.6. The topological polar surface area (TPSA) is 8.81 Å². The highest BCUT2D eigenvalue weighted by Crippen LogP contribution is 2.16. The quantitative estimate of drug-likeness (QED) is 0.0474. The lowest BCUT2D eigenvalue weighted by Gasteiger charge is -2.07. The van der Waals surface area contributed by atoms with Gasteiger partial charge < -0.3 is 0 Å². The summed E-state index contributed by atoms with van der Waals surface area (Å²) in [6, 6.07) is 0. The number of rotatable bonds is 42. The van der Waals surface area contributed by atoms with Crippen molar-refractivity contribution in [2.24, 2.45) is 0 Å². The Morgan fingerprint density at radius 2 is 0.620 bits per heavy atom. The normalized spacial score (nSPS) is 11.7. The minimum atomic E-state index is 1.23. The first-order valence-corrected chi connectivity index (χ1v) is 23.9. The van der Waals surface area contributed by atoms with E-state index in [4.69, 9.17) is 0 Å². The van der Waals surface area contributed by atoms with Crippen molar-refractivity contribution in [2.45, 2.75) is 291 Å². The molecule has 0 saturated heterocycles. The number of unbranched alkanes of at least 4 members (excludes halogenated alkanes) is 36. The molecule has 0 aliphatic rings. The SMILES string of the molecule is CCCCCCCCCCCCCCCCCn1cc[n+](CCCCCCCCCCCCCCCCC)c1CCCCCCCCCCC. The molecule has 1 aromatic rings. The largest absolute Gasteiger partial charge is 0.256 e. The van der Waals surface area contributed by atoms with Gasteiger partial charge >= 0.3 is 0 Å². The third-order valence-corrected chi connectivity index (χ3v) is 11.6. The molecule has 2 nitrogen and oxygen atoms in total. The van der Waals surface area contributed by atoms with Crippen molar-refractivity contribution in [1.29, 1.82) is 0 Å². The predicted molar refractivity (Wildman–Crippen MR) is 225 cm³/mol. The molecular weight excluding hydrogens is 605 g/mol. The van der Waals surface area contributed by atoms with Gasteiger partial charge in [-0.2, -0.15) is 0 Å². The van der Waals surface area contributed by atoms with Gasteiger partial charge in [-0.05, 0) is 32.1 Å². The minimum absolute atomic E-state index is 1.23. The van der Waals surface area contributed by atoms with Crippen LogP contribution in [0.4, 0.5) is 0 Å². The second kappa shape index (κ2) is 39.4. The summed E-state index contributed by atoms with van der Waals surface area (Å²) < 4.78 is 5.30. The van der Waals surface area contributed by atoms with Gasteiger partial charge in [0, 0.05) is 6.42 Å². The fourth-order valence-electron chi connectivity index (χ4n) is 8.09. The number of hydrogen-bond acceptors (Lipinski definition) is 0. The molecule has 50 heavy (non-hydrogen) atoms. The summed E-state index contributed by atoms with van der Waals surface area (Å²) >= 11 is 0. The number of nitrogens with zero attached hydrogens (tertiary/aromatic N) is 2. The maximum absolute atomic E-state index is 2.65. The molecule has 0 atom stereocenters. The van der Waals surface area contributed by atoms with Gasteiger partial charge in [0.05, 0.1) is 13.1 Å². The van der Waals surface area contributed by atoms with Crippen molar-refractivity contribution >= 4 is 0 Å². The van der Waals surface area contributed by atoms with Crippen molar-refractivity contribution in [2.75, 3.05) is 0 Å². The van der Waals surface area contributed by atoms with E-state index in [2.05, 4.69) is 42.3 Å². The van der Waals surface area contributed by atoms with Crippen LogP contribution in [-0.2, 0) is 19.5 Å².